The van der Waals surface area contributed by atoms with Gasteiger partial charge in [-0.15, -0.1) is 0 Å². The summed E-state index contributed by atoms with van der Waals surface area (Å²) in [5.41, 5.74) is 4.32. The molecule has 0 saturated carbocycles. The molecule has 2 heterocycles. The molecule has 74 valence electrons. The van der Waals surface area contributed by atoms with Gasteiger partial charge in [-0.05, 0) is 39.6 Å². The third-order valence-electron chi connectivity index (χ3n) is 2.68. The Labute approximate surface area is 91.6 Å². The Balaban J connectivity index is 2.23. The van der Waals surface area contributed by atoms with Crippen molar-refractivity contribution in [2.24, 2.45) is 0 Å². The number of nitrogens with one attached hydrogen (secondary N) is 1. The molecule has 1 aromatic heterocycles. The molecule has 2 aromatic rings. The van der Waals surface area contributed by atoms with Crippen molar-refractivity contribution < 1.29 is 4.79 Å². The van der Waals surface area contributed by atoms with Gasteiger partial charge in [-0.3, -0.25) is 4.79 Å². The third-order valence-corrected chi connectivity index (χ3v) is 3.36. The molecular weight excluding hydrogens is 206 g/mol. The highest BCUT2D eigenvalue weighted by atomic mass is 32.1. The van der Waals surface area contributed by atoms with Crippen molar-refractivity contribution in [2.75, 3.05) is 0 Å². The molecule has 3 rings (SSSR count). The molecule has 0 bridgehead atoms. The van der Waals surface area contributed by atoms with E-state index in [2.05, 4.69) is 28.2 Å². The quantitative estimate of drug-likeness (QED) is 0.778. The van der Waals surface area contributed by atoms with Crippen LogP contribution in [0.15, 0.2) is 35.0 Å². The van der Waals surface area contributed by atoms with Gasteiger partial charge in [-0.1, -0.05) is 12.1 Å². The number of carbonyl (C=O) groups is 1. The van der Waals surface area contributed by atoms with Gasteiger partial charge in [0.2, 0.25) is 0 Å². The number of rotatable bonds is 1. The highest BCUT2D eigenvalue weighted by molar-refractivity contribution is 7.08. The number of hydrogen-bond acceptors (Lipinski definition) is 2. The maximum absolute atomic E-state index is 11.5. The second kappa shape index (κ2) is 3.21. The van der Waals surface area contributed by atoms with E-state index in [4.69, 9.17) is 0 Å². The van der Waals surface area contributed by atoms with Crippen LogP contribution < -0.4 is 5.32 Å². The van der Waals surface area contributed by atoms with Gasteiger partial charge in [-0.2, -0.15) is 11.3 Å². The van der Waals surface area contributed by atoms with Gasteiger partial charge in [0, 0.05) is 12.1 Å². The van der Waals surface area contributed by atoms with E-state index in [9.17, 15) is 4.79 Å². The van der Waals surface area contributed by atoms with Crippen molar-refractivity contribution >= 4 is 17.2 Å². The van der Waals surface area contributed by atoms with Crippen LogP contribution in [0.1, 0.15) is 15.9 Å². The van der Waals surface area contributed by atoms with Crippen LogP contribution in [0.2, 0.25) is 0 Å². The number of fused-ring (bicyclic) bond motifs is 1. The number of carbonyl (C=O) groups excluding carboxylic acids is 1. The fraction of sp³-hybridized carbons (Fsp3) is 0.0833. The molecule has 0 spiro atoms. The Bertz CT molecular complexity index is 516. The lowest BCUT2D eigenvalue weighted by atomic mass is 9.99. The van der Waals surface area contributed by atoms with Crippen molar-refractivity contribution in [3.8, 4) is 11.1 Å². The molecule has 15 heavy (non-hydrogen) atoms. The largest absolute Gasteiger partial charge is 0.348 e. The van der Waals surface area contributed by atoms with Crippen LogP contribution in [0.25, 0.3) is 11.1 Å². The zero-order valence-electron chi connectivity index (χ0n) is 7.99. The molecule has 1 N–H and O–H groups in total. The molecule has 0 radical (unpaired) electrons. The second-order valence-corrected chi connectivity index (χ2v) is 4.31. The first-order chi connectivity index (χ1) is 7.36. The van der Waals surface area contributed by atoms with Gasteiger partial charge < -0.3 is 5.32 Å². The van der Waals surface area contributed by atoms with E-state index in [1.165, 1.54) is 11.1 Å². The maximum atomic E-state index is 11.5. The minimum atomic E-state index is 0.0436. The van der Waals surface area contributed by atoms with E-state index < -0.39 is 0 Å². The normalized spacial score (nSPS) is 13.7. The summed E-state index contributed by atoms with van der Waals surface area (Å²) in [4.78, 5) is 11.5. The first-order valence-corrected chi connectivity index (χ1v) is 5.73. The molecule has 1 aliphatic rings. The summed E-state index contributed by atoms with van der Waals surface area (Å²) >= 11 is 1.68. The second-order valence-electron chi connectivity index (χ2n) is 3.53. The van der Waals surface area contributed by atoms with Crippen LogP contribution in [-0.4, -0.2) is 5.91 Å². The van der Waals surface area contributed by atoms with Gasteiger partial charge in [0.05, 0.1) is 0 Å². The standard InChI is InChI=1S/C12H9NOS/c14-12-10-3-1-2-9(11(10)6-13-12)8-4-5-15-7-8/h1-5,7H,6H2,(H,13,14). The van der Waals surface area contributed by atoms with E-state index in [1.54, 1.807) is 11.3 Å². The number of thiophene rings is 1. The average Bonchev–Trinajstić information content (AvgIpc) is 2.88. The van der Waals surface area contributed by atoms with Crippen LogP contribution in [0.5, 0.6) is 0 Å². The smallest absolute Gasteiger partial charge is 0.251 e. The number of amides is 1. The number of benzene rings is 1. The first kappa shape index (κ1) is 8.68. The highest BCUT2D eigenvalue weighted by Crippen LogP contribution is 2.30. The predicted molar refractivity (Wildman–Crippen MR) is 60.9 cm³/mol. The Morgan fingerprint density at radius 1 is 1.20 bits per heavy atom. The zero-order chi connectivity index (χ0) is 10.3. The van der Waals surface area contributed by atoms with Gasteiger partial charge in [-0.25, -0.2) is 0 Å². The Morgan fingerprint density at radius 2 is 2.07 bits per heavy atom. The summed E-state index contributed by atoms with van der Waals surface area (Å²) in [6.45, 7) is 0.653. The molecule has 0 saturated heterocycles. The molecule has 1 aromatic carbocycles. The highest BCUT2D eigenvalue weighted by Gasteiger charge is 2.21. The van der Waals surface area contributed by atoms with Gasteiger partial charge in [0.15, 0.2) is 0 Å². The van der Waals surface area contributed by atoms with Crippen molar-refractivity contribution in [1.29, 1.82) is 0 Å². The summed E-state index contributed by atoms with van der Waals surface area (Å²) in [7, 11) is 0. The molecule has 0 unspecified atom stereocenters. The van der Waals surface area contributed by atoms with Crippen LogP contribution in [0.4, 0.5) is 0 Å². The van der Waals surface area contributed by atoms with Gasteiger partial charge in [0.1, 0.15) is 0 Å². The maximum Gasteiger partial charge on any atom is 0.251 e. The monoisotopic (exact) mass is 215 g/mol. The van der Waals surface area contributed by atoms with E-state index in [0.717, 1.165) is 11.1 Å². The molecule has 2 nitrogen and oxygen atoms in total. The molecular formula is C12H9NOS. The summed E-state index contributed by atoms with van der Waals surface area (Å²) in [6.07, 6.45) is 0. The molecule has 3 heteroatoms. The molecule has 0 atom stereocenters. The Hall–Kier alpha value is -1.61. The van der Waals surface area contributed by atoms with E-state index in [-0.39, 0.29) is 5.91 Å². The molecule has 0 fully saturated rings. The Morgan fingerprint density at radius 3 is 2.87 bits per heavy atom. The van der Waals surface area contributed by atoms with Crippen molar-refractivity contribution in [2.45, 2.75) is 6.54 Å². The molecule has 1 aliphatic heterocycles. The first-order valence-electron chi connectivity index (χ1n) is 4.79. The van der Waals surface area contributed by atoms with Crippen LogP contribution in [0.3, 0.4) is 0 Å². The summed E-state index contributed by atoms with van der Waals surface area (Å²) < 4.78 is 0. The fourth-order valence-corrected chi connectivity index (χ4v) is 2.60. The lowest BCUT2D eigenvalue weighted by Crippen LogP contribution is -2.12. The minimum Gasteiger partial charge on any atom is -0.348 e. The number of hydrogen-bond donors (Lipinski definition) is 1. The fourth-order valence-electron chi connectivity index (χ4n) is 1.94. The summed E-state index contributed by atoms with van der Waals surface area (Å²) in [5, 5.41) is 7.02. The lowest BCUT2D eigenvalue weighted by molar-refractivity contribution is 0.0966. The van der Waals surface area contributed by atoms with Gasteiger partial charge >= 0.3 is 0 Å². The zero-order valence-corrected chi connectivity index (χ0v) is 8.80. The molecule has 1 amide bonds. The van der Waals surface area contributed by atoms with E-state index in [1.807, 2.05) is 12.1 Å². The SMILES string of the molecule is O=C1NCc2c1cccc2-c1ccsc1. The third kappa shape index (κ3) is 1.27. The topological polar surface area (TPSA) is 29.1 Å². The van der Waals surface area contributed by atoms with E-state index in [0.29, 0.717) is 6.54 Å². The Kier molecular flexibility index (Phi) is 1.86. The van der Waals surface area contributed by atoms with Crippen molar-refractivity contribution in [1.82, 2.24) is 5.32 Å². The molecule has 0 aliphatic carbocycles. The van der Waals surface area contributed by atoms with Gasteiger partial charge in [0.25, 0.3) is 5.91 Å². The van der Waals surface area contributed by atoms with Crippen LogP contribution in [-0.2, 0) is 6.54 Å². The minimum absolute atomic E-state index is 0.0436. The van der Waals surface area contributed by atoms with Crippen molar-refractivity contribution in [3.05, 3.63) is 46.2 Å². The van der Waals surface area contributed by atoms with Crippen LogP contribution in [0, 0.1) is 0 Å². The average molecular weight is 215 g/mol. The summed E-state index contributed by atoms with van der Waals surface area (Å²) in [5.74, 6) is 0.0436. The predicted octanol–water partition coefficient (Wildman–Crippen LogP) is 2.66. The van der Waals surface area contributed by atoms with E-state index >= 15 is 0 Å². The van der Waals surface area contributed by atoms with Crippen molar-refractivity contribution in [3.63, 3.8) is 0 Å². The lowest BCUT2D eigenvalue weighted by Gasteiger charge is -2.03. The van der Waals surface area contributed by atoms with Crippen LogP contribution >= 0.6 is 11.3 Å². The summed E-state index contributed by atoms with van der Waals surface area (Å²) in [6, 6.07) is 7.98.